The Balaban J connectivity index is 1.31. The van der Waals surface area contributed by atoms with Crippen LogP contribution in [0.2, 0.25) is 0 Å². The van der Waals surface area contributed by atoms with Gasteiger partial charge >= 0.3 is 19.5 Å². The number of nitrogens with zero attached hydrogens (tertiary/aromatic N) is 1. The monoisotopic (exact) mass is 520 g/mol. The van der Waals surface area contributed by atoms with Crippen LogP contribution in [0.4, 0.5) is 0 Å². The predicted octanol–water partition coefficient (Wildman–Crippen LogP) is 3.31. The minimum absolute atomic E-state index is 0.0168. The molecule has 36 heavy (non-hydrogen) atoms. The van der Waals surface area contributed by atoms with E-state index in [1.807, 2.05) is 26.8 Å². The highest BCUT2D eigenvalue weighted by atomic mass is 31.2. The smallest absolute Gasteiger partial charge is 0.460 e. The first-order chi connectivity index (χ1) is 16.9. The van der Waals surface area contributed by atoms with Crippen molar-refractivity contribution in [1.29, 1.82) is 0 Å². The third-order valence-corrected chi connectivity index (χ3v) is 6.70. The van der Waals surface area contributed by atoms with E-state index in [0.29, 0.717) is 23.3 Å². The highest BCUT2D eigenvalue weighted by molar-refractivity contribution is 7.49. The van der Waals surface area contributed by atoms with Crippen molar-refractivity contribution in [2.45, 2.75) is 65.1 Å². The summed E-state index contributed by atoms with van der Waals surface area (Å²) in [4.78, 5) is 37.8. The summed E-state index contributed by atoms with van der Waals surface area (Å²) in [7, 11) is -3.89. The molecule has 0 saturated carbocycles. The lowest BCUT2D eigenvalue weighted by atomic mass is 10.1. The fraction of sp³-hybridized carbons (Fsp3) is 0.458. The highest BCUT2D eigenvalue weighted by Crippen LogP contribution is 2.54. The Hall–Kier alpha value is -2.98. The van der Waals surface area contributed by atoms with E-state index in [-0.39, 0.29) is 25.6 Å². The van der Waals surface area contributed by atoms with Gasteiger partial charge in [0.15, 0.2) is 6.23 Å². The number of carbonyl (C=O) groups is 1. The molecule has 0 radical (unpaired) electrons. The molecule has 11 nitrogen and oxygen atoms in total. The van der Waals surface area contributed by atoms with Gasteiger partial charge in [-0.05, 0) is 57.9 Å². The normalized spacial score (nSPS) is 23.2. The van der Waals surface area contributed by atoms with Gasteiger partial charge in [0.25, 0.3) is 5.56 Å². The first-order valence-corrected chi connectivity index (χ1v) is 13.0. The van der Waals surface area contributed by atoms with Gasteiger partial charge in [0.2, 0.25) is 0 Å². The lowest BCUT2D eigenvalue weighted by Gasteiger charge is -2.26. The summed E-state index contributed by atoms with van der Waals surface area (Å²) in [5.41, 5.74) is 0.360. The number of ether oxygens (including phenoxy) is 2. The predicted molar refractivity (Wildman–Crippen MR) is 129 cm³/mol. The van der Waals surface area contributed by atoms with Crippen LogP contribution in [-0.2, 0) is 40.9 Å². The molecule has 12 heteroatoms. The van der Waals surface area contributed by atoms with Crippen LogP contribution in [-0.4, -0.2) is 33.8 Å². The van der Waals surface area contributed by atoms with Gasteiger partial charge in [-0.3, -0.25) is 28.2 Å². The van der Waals surface area contributed by atoms with E-state index in [0.717, 1.165) is 5.56 Å². The molecule has 194 valence electrons. The summed E-state index contributed by atoms with van der Waals surface area (Å²) < 4.78 is 41.7. The summed E-state index contributed by atoms with van der Waals surface area (Å²) in [5, 5.41) is 0. The molecular formula is C24H29N2O9P. The number of H-pyrrole nitrogens is 1. The molecule has 3 heterocycles. The van der Waals surface area contributed by atoms with Gasteiger partial charge in [0, 0.05) is 23.7 Å². The number of benzene rings is 1. The molecule has 2 aliphatic heterocycles. The van der Waals surface area contributed by atoms with E-state index in [2.05, 4.69) is 4.98 Å². The number of carbonyl (C=O) groups excluding carboxylic acids is 1. The molecule has 0 bridgehead atoms. The van der Waals surface area contributed by atoms with Crippen LogP contribution in [0.15, 0.2) is 46.1 Å². The number of rotatable bonds is 7. The van der Waals surface area contributed by atoms with Gasteiger partial charge in [-0.2, -0.15) is 0 Å². The second-order valence-electron chi connectivity index (χ2n) is 9.56. The van der Waals surface area contributed by atoms with Crippen molar-refractivity contribution in [2.75, 3.05) is 6.61 Å². The lowest BCUT2D eigenvalue weighted by Crippen LogP contribution is -2.33. The fourth-order valence-corrected chi connectivity index (χ4v) is 4.90. The van der Waals surface area contributed by atoms with Crippen LogP contribution in [0.25, 0.3) is 0 Å². The zero-order valence-corrected chi connectivity index (χ0v) is 21.4. The molecule has 3 unspecified atom stereocenters. The van der Waals surface area contributed by atoms with Crippen LogP contribution >= 0.6 is 7.82 Å². The first kappa shape index (κ1) is 26.1. The molecule has 0 fully saturated rings. The van der Waals surface area contributed by atoms with Crippen molar-refractivity contribution in [2.24, 2.45) is 0 Å². The Morgan fingerprint density at radius 3 is 2.78 bits per heavy atom. The number of hydrogen-bond donors (Lipinski definition) is 1. The number of hydrogen-bond acceptors (Lipinski definition) is 9. The zero-order valence-electron chi connectivity index (χ0n) is 20.5. The van der Waals surface area contributed by atoms with Crippen molar-refractivity contribution < 1.29 is 32.4 Å². The molecule has 3 atom stereocenters. The number of aromatic amines is 1. The number of phosphoric acid groups is 1. The molecule has 0 amide bonds. The SMILES string of the molecule is Cc1cn(C2C=CC(COP3(=O)OCc4cc(CCC(=O)OC(C)(C)C)ccc4O3)O2)c(=O)[nH]c1=O. The van der Waals surface area contributed by atoms with Crippen molar-refractivity contribution in [3.8, 4) is 5.75 Å². The molecular weight excluding hydrogens is 491 g/mol. The van der Waals surface area contributed by atoms with Crippen LogP contribution in [0.3, 0.4) is 0 Å². The van der Waals surface area contributed by atoms with E-state index < -0.39 is 37.0 Å². The van der Waals surface area contributed by atoms with E-state index in [1.54, 1.807) is 31.2 Å². The maximum Gasteiger partial charge on any atom is 0.530 e. The molecule has 0 spiro atoms. The second-order valence-corrected chi connectivity index (χ2v) is 11.2. The van der Waals surface area contributed by atoms with Crippen molar-refractivity contribution in [3.05, 3.63) is 74.1 Å². The summed E-state index contributed by atoms with van der Waals surface area (Å²) in [6.45, 7) is 6.93. The summed E-state index contributed by atoms with van der Waals surface area (Å²) >= 11 is 0. The molecule has 1 aromatic heterocycles. The summed E-state index contributed by atoms with van der Waals surface area (Å²) in [6, 6.07) is 5.29. The van der Waals surface area contributed by atoms with Crippen LogP contribution in [0.5, 0.6) is 5.75 Å². The van der Waals surface area contributed by atoms with E-state index >= 15 is 0 Å². The molecule has 1 aromatic carbocycles. The van der Waals surface area contributed by atoms with Gasteiger partial charge in [-0.1, -0.05) is 12.1 Å². The average molecular weight is 520 g/mol. The average Bonchev–Trinajstić information content (AvgIpc) is 3.26. The third kappa shape index (κ3) is 6.41. The highest BCUT2D eigenvalue weighted by Gasteiger charge is 2.36. The number of fused-ring (bicyclic) bond motifs is 1. The van der Waals surface area contributed by atoms with E-state index in [1.165, 1.54) is 10.8 Å². The fourth-order valence-electron chi connectivity index (χ4n) is 3.67. The van der Waals surface area contributed by atoms with Crippen LogP contribution in [0, 0.1) is 6.92 Å². The Morgan fingerprint density at radius 2 is 2.03 bits per heavy atom. The standard InChI is InChI=1S/C24H29N2O9P/c1-15-12-26(23(29)25-22(15)28)20-9-7-18(33-20)14-32-36(30)31-13-17-11-16(5-8-19(17)35-36)6-10-21(27)34-24(2,3)4/h5,7-9,11-12,18,20H,6,10,13-14H2,1-4H3,(H,25,28,29). The topological polar surface area (TPSA) is 135 Å². The summed E-state index contributed by atoms with van der Waals surface area (Å²) in [5.74, 6) is 0.0956. The first-order valence-electron chi connectivity index (χ1n) is 11.5. The Morgan fingerprint density at radius 1 is 1.25 bits per heavy atom. The molecule has 0 aliphatic carbocycles. The van der Waals surface area contributed by atoms with Crippen molar-refractivity contribution in [3.63, 3.8) is 0 Å². The Bertz CT molecular complexity index is 1340. The number of aromatic nitrogens is 2. The third-order valence-electron chi connectivity index (χ3n) is 5.37. The van der Waals surface area contributed by atoms with Gasteiger partial charge in [0.05, 0.1) is 13.2 Å². The minimum Gasteiger partial charge on any atom is -0.460 e. The van der Waals surface area contributed by atoms with Gasteiger partial charge in [0.1, 0.15) is 17.5 Å². The van der Waals surface area contributed by atoms with E-state index in [9.17, 15) is 18.9 Å². The number of aryl methyl sites for hydroxylation is 2. The Kier molecular flexibility index (Phi) is 7.38. The molecule has 2 aromatic rings. The summed E-state index contributed by atoms with van der Waals surface area (Å²) in [6.07, 6.45) is 4.09. The number of esters is 1. The molecule has 1 N–H and O–H groups in total. The molecule has 0 saturated heterocycles. The van der Waals surface area contributed by atoms with Crippen LogP contribution in [0.1, 0.15) is 50.1 Å². The minimum atomic E-state index is -3.89. The van der Waals surface area contributed by atoms with Crippen LogP contribution < -0.4 is 15.8 Å². The molecule has 2 aliphatic rings. The Labute approximate surface area is 207 Å². The zero-order chi connectivity index (χ0) is 26.1. The lowest BCUT2D eigenvalue weighted by molar-refractivity contribution is -0.154. The van der Waals surface area contributed by atoms with Crippen molar-refractivity contribution in [1.82, 2.24) is 9.55 Å². The van der Waals surface area contributed by atoms with Gasteiger partial charge in [-0.25, -0.2) is 9.36 Å². The maximum absolute atomic E-state index is 13.0. The quantitative estimate of drug-likeness (QED) is 0.331. The van der Waals surface area contributed by atoms with E-state index in [4.69, 9.17) is 23.0 Å². The van der Waals surface area contributed by atoms with Crippen molar-refractivity contribution >= 4 is 13.8 Å². The second kappa shape index (κ2) is 10.2. The number of nitrogens with one attached hydrogen (secondary N) is 1. The largest absolute Gasteiger partial charge is 0.530 e. The molecule has 4 rings (SSSR count). The maximum atomic E-state index is 13.0. The number of phosphoric ester groups is 1. The van der Waals surface area contributed by atoms with Gasteiger partial charge < -0.3 is 14.0 Å². The van der Waals surface area contributed by atoms with Gasteiger partial charge in [-0.15, -0.1) is 0 Å².